The lowest BCUT2D eigenvalue weighted by Gasteiger charge is -1.96. The molecule has 0 fully saturated rings. The van der Waals surface area contributed by atoms with Crippen molar-refractivity contribution < 1.29 is 14.7 Å². The number of hydrogen-bond donors (Lipinski definition) is 2. The highest BCUT2D eigenvalue weighted by Crippen LogP contribution is 2.27. The van der Waals surface area contributed by atoms with Gasteiger partial charge in [-0.25, -0.2) is 4.79 Å². The second-order valence-corrected chi connectivity index (χ2v) is 4.51. The molecule has 2 aromatic carbocycles. The van der Waals surface area contributed by atoms with Crippen molar-refractivity contribution in [3.63, 3.8) is 0 Å². The van der Waals surface area contributed by atoms with E-state index in [2.05, 4.69) is 4.98 Å². The van der Waals surface area contributed by atoms with Crippen LogP contribution in [-0.2, 0) is 0 Å². The molecule has 0 bridgehead atoms. The van der Waals surface area contributed by atoms with Crippen molar-refractivity contribution in [1.82, 2.24) is 4.98 Å². The Morgan fingerprint density at radius 3 is 2.37 bits per heavy atom. The van der Waals surface area contributed by atoms with Crippen molar-refractivity contribution in [2.45, 2.75) is 6.92 Å². The number of aromatic nitrogens is 1. The Bertz CT molecular complexity index is 830. The van der Waals surface area contributed by atoms with Gasteiger partial charge in [-0.1, -0.05) is 6.07 Å². The van der Waals surface area contributed by atoms with Gasteiger partial charge < -0.3 is 10.1 Å². The highest BCUT2D eigenvalue weighted by molar-refractivity contribution is 6.11. The zero-order chi connectivity index (χ0) is 13.6. The summed E-state index contributed by atoms with van der Waals surface area (Å²) in [4.78, 5) is 25.5. The van der Waals surface area contributed by atoms with Crippen LogP contribution in [0.5, 0.6) is 0 Å². The first-order valence-electron chi connectivity index (χ1n) is 5.86. The van der Waals surface area contributed by atoms with E-state index in [4.69, 9.17) is 5.11 Å². The number of benzene rings is 2. The van der Waals surface area contributed by atoms with Gasteiger partial charge in [-0.15, -0.1) is 0 Å². The summed E-state index contributed by atoms with van der Waals surface area (Å²) in [5.74, 6) is -0.941. The molecule has 1 aromatic heterocycles. The van der Waals surface area contributed by atoms with Crippen molar-refractivity contribution in [2.75, 3.05) is 0 Å². The van der Waals surface area contributed by atoms with Gasteiger partial charge in [0.1, 0.15) is 0 Å². The molecule has 0 unspecified atom stereocenters. The molecule has 0 aliphatic heterocycles. The van der Waals surface area contributed by atoms with E-state index in [0.717, 1.165) is 21.8 Å². The van der Waals surface area contributed by atoms with E-state index in [1.54, 1.807) is 24.3 Å². The molecule has 0 spiro atoms. The third-order valence-electron chi connectivity index (χ3n) is 3.25. The topological polar surface area (TPSA) is 70.2 Å². The van der Waals surface area contributed by atoms with Gasteiger partial charge in [0.15, 0.2) is 5.78 Å². The molecule has 19 heavy (non-hydrogen) atoms. The smallest absolute Gasteiger partial charge is 0.335 e. The fraction of sp³-hybridized carbons (Fsp3) is 0.0667. The van der Waals surface area contributed by atoms with Crippen LogP contribution in [0.2, 0.25) is 0 Å². The lowest BCUT2D eigenvalue weighted by atomic mass is 10.1. The quantitative estimate of drug-likeness (QED) is 0.689. The zero-order valence-corrected chi connectivity index (χ0v) is 10.2. The van der Waals surface area contributed by atoms with Crippen LogP contribution >= 0.6 is 0 Å². The first-order chi connectivity index (χ1) is 9.06. The summed E-state index contributed by atoms with van der Waals surface area (Å²) in [7, 11) is 0. The molecule has 1 heterocycles. The van der Waals surface area contributed by atoms with Gasteiger partial charge in [-0.3, -0.25) is 4.79 Å². The maximum Gasteiger partial charge on any atom is 0.335 e. The Morgan fingerprint density at radius 1 is 0.947 bits per heavy atom. The minimum Gasteiger partial charge on any atom is -0.478 e. The van der Waals surface area contributed by atoms with E-state index < -0.39 is 5.97 Å². The molecule has 0 atom stereocenters. The van der Waals surface area contributed by atoms with Crippen molar-refractivity contribution in [1.29, 1.82) is 0 Å². The Balaban J connectivity index is 2.33. The maximum atomic E-state index is 11.4. The largest absolute Gasteiger partial charge is 0.478 e. The van der Waals surface area contributed by atoms with Crippen molar-refractivity contribution >= 4 is 33.6 Å². The van der Waals surface area contributed by atoms with Gasteiger partial charge in [0.25, 0.3) is 0 Å². The first-order valence-corrected chi connectivity index (χ1v) is 5.86. The number of H-pyrrole nitrogens is 1. The number of carboxylic acids is 1. The minimum absolute atomic E-state index is 0.0124. The van der Waals surface area contributed by atoms with Gasteiger partial charge >= 0.3 is 5.97 Å². The molecule has 0 saturated carbocycles. The van der Waals surface area contributed by atoms with Gasteiger partial charge in [0, 0.05) is 27.4 Å². The van der Waals surface area contributed by atoms with Crippen molar-refractivity contribution in [2.24, 2.45) is 0 Å². The van der Waals surface area contributed by atoms with Crippen LogP contribution in [0.15, 0.2) is 36.4 Å². The number of carbonyl (C=O) groups is 2. The number of hydrogen-bond acceptors (Lipinski definition) is 2. The third kappa shape index (κ3) is 1.78. The Hall–Kier alpha value is -2.62. The summed E-state index contributed by atoms with van der Waals surface area (Å²) in [6, 6.07) is 10.4. The standard InChI is InChI=1S/C15H11NO3/c1-8(17)9-3-5-13-12(6-9)11-4-2-10(15(18)19)7-14(11)16-13/h2-7,16H,1H3,(H,18,19). The molecule has 0 radical (unpaired) electrons. The van der Waals surface area contributed by atoms with Gasteiger partial charge in [-0.05, 0) is 37.3 Å². The molecular weight excluding hydrogens is 242 g/mol. The third-order valence-corrected chi connectivity index (χ3v) is 3.25. The summed E-state index contributed by atoms with van der Waals surface area (Å²) < 4.78 is 0. The Kier molecular flexibility index (Phi) is 2.38. The fourth-order valence-corrected chi connectivity index (χ4v) is 2.26. The van der Waals surface area contributed by atoms with E-state index in [0.29, 0.717) is 5.56 Å². The molecule has 3 aromatic rings. The average Bonchev–Trinajstić information content (AvgIpc) is 2.74. The monoisotopic (exact) mass is 253 g/mol. The summed E-state index contributed by atoms with van der Waals surface area (Å²) in [5, 5.41) is 10.8. The molecule has 2 N–H and O–H groups in total. The predicted molar refractivity (Wildman–Crippen MR) is 72.8 cm³/mol. The van der Waals surface area contributed by atoms with E-state index >= 15 is 0 Å². The van der Waals surface area contributed by atoms with E-state index in [-0.39, 0.29) is 11.3 Å². The van der Waals surface area contributed by atoms with E-state index in [1.807, 2.05) is 12.1 Å². The number of carboxylic acid groups (broad SMARTS) is 1. The molecule has 3 rings (SSSR count). The lowest BCUT2D eigenvalue weighted by Crippen LogP contribution is -1.94. The molecule has 4 nitrogen and oxygen atoms in total. The van der Waals surface area contributed by atoms with Crippen LogP contribution in [-0.4, -0.2) is 21.8 Å². The second-order valence-electron chi connectivity index (χ2n) is 4.51. The normalized spacial score (nSPS) is 11.0. The van der Waals surface area contributed by atoms with Crippen LogP contribution in [0.4, 0.5) is 0 Å². The van der Waals surface area contributed by atoms with Crippen molar-refractivity contribution in [3.05, 3.63) is 47.5 Å². The zero-order valence-electron chi connectivity index (χ0n) is 10.2. The molecule has 0 aliphatic rings. The van der Waals surface area contributed by atoms with E-state index in [9.17, 15) is 9.59 Å². The number of Topliss-reactive ketones (excluding diaryl/α,β-unsaturated/α-hetero) is 1. The maximum absolute atomic E-state index is 11.4. The van der Waals surface area contributed by atoms with Crippen LogP contribution in [0.1, 0.15) is 27.6 Å². The van der Waals surface area contributed by atoms with Crippen molar-refractivity contribution in [3.8, 4) is 0 Å². The highest BCUT2D eigenvalue weighted by atomic mass is 16.4. The Labute approximate surface area is 108 Å². The fourth-order valence-electron chi connectivity index (χ4n) is 2.26. The highest BCUT2D eigenvalue weighted by Gasteiger charge is 2.09. The number of ketones is 1. The number of fused-ring (bicyclic) bond motifs is 3. The van der Waals surface area contributed by atoms with Gasteiger partial charge in [0.05, 0.1) is 5.56 Å². The van der Waals surface area contributed by atoms with Crippen LogP contribution in [0, 0.1) is 0 Å². The molecule has 0 aliphatic carbocycles. The second kappa shape index (κ2) is 3.95. The van der Waals surface area contributed by atoms with Crippen LogP contribution < -0.4 is 0 Å². The minimum atomic E-state index is -0.954. The summed E-state index contributed by atoms with van der Waals surface area (Å²) >= 11 is 0. The predicted octanol–water partition coefficient (Wildman–Crippen LogP) is 3.22. The summed E-state index contributed by atoms with van der Waals surface area (Å²) in [6.45, 7) is 1.53. The average molecular weight is 253 g/mol. The number of nitrogens with one attached hydrogen (secondary N) is 1. The Morgan fingerprint density at radius 2 is 1.68 bits per heavy atom. The molecular formula is C15H11NO3. The first kappa shape index (κ1) is 11.5. The van der Waals surface area contributed by atoms with E-state index in [1.165, 1.54) is 6.92 Å². The number of aromatic amines is 1. The number of rotatable bonds is 2. The molecule has 94 valence electrons. The number of aromatic carboxylic acids is 1. The number of carbonyl (C=O) groups excluding carboxylic acids is 1. The summed E-state index contributed by atoms with van der Waals surface area (Å²) in [6.07, 6.45) is 0. The van der Waals surface area contributed by atoms with Gasteiger partial charge in [0.2, 0.25) is 0 Å². The summed E-state index contributed by atoms with van der Waals surface area (Å²) in [5.41, 5.74) is 2.54. The lowest BCUT2D eigenvalue weighted by molar-refractivity contribution is 0.0697. The SMILES string of the molecule is CC(=O)c1ccc2[nH]c3cc(C(=O)O)ccc3c2c1. The van der Waals surface area contributed by atoms with Crippen LogP contribution in [0.25, 0.3) is 21.8 Å². The van der Waals surface area contributed by atoms with Gasteiger partial charge in [-0.2, -0.15) is 0 Å². The molecule has 0 saturated heterocycles. The molecule has 4 heteroatoms. The van der Waals surface area contributed by atoms with Crippen LogP contribution in [0.3, 0.4) is 0 Å². The molecule has 0 amide bonds.